The summed E-state index contributed by atoms with van der Waals surface area (Å²) in [5, 5.41) is 14.7. The van der Waals surface area contributed by atoms with Crippen LogP contribution in [0.3, 0.4) is 0 Å². The Morgan fingerprint density at radius 2 is 1.76 bits per heavy atom. The number of amides is 3. The van der Waals surface area contributed by atoms with Gasteiger partial charge in [-0.1, -0.05) is 0 Å². The zero-order valence-corrected chi connectivity index (χ0v) is 18.7. The Hall–Kier alpha value is -4.00. The molecule has 3 aliphatic rings. The number of piperidine rings is 1. The van der Waals surface area contributed by atoms with Gasteiger partial charge in [-0.2, -0.15) is 5.26 Å². The quantitative estimate of drug-likeness (QED) is 0.656. The van der Waals surface area contributed by atoms with Gasteiger partial charge < -0.3 is 20.4 Å². The van der Waals surface area contributed by atoms with Gasteiger partial charge in [-0.05, 0) is 54.9 Å². The smallest absolute Gasteiger partial charge is 0.313 e. The van der Waals surface area contributed by atoms with Crippen molar-refractivity contribution in [2.24, 2.45) is 5.92 Å². The number of nitriles is 1. The number of nitrogens with one attached hydrogen (secondary N) is 2. The van der Waals surface area contributed by atoms with E-state index in [1.165, 1.54) is 6.20 Å². The Labute approximate surface area is 197 Å². The molecule has 0 spiro atoms. The van der Waals surface area contributed by atoms with Crippen LogP contribution < -0.4 is 20.4 Å². The highest BCUT2D eigenvalue weighted by atomic mass is 16.2. The Morgan fingerprint density at radius 1 is 1.03 bits per heavy atom. The molecule has 1 aromatic carbocycles. The van der Waals surface area contributed by atoms with Gasteiger partial charge >= 0.3 is 11.8 Å². The predicted molar refractivity (Wildman–Crippen MR) is 124 cm³/mol. The zero-order valence-electron chi connectivity index (χ0n) is 18.7. The molecule has 34 heavy (non-hydrogen) atoms. The van der Waals surface area contributed by atoms with Crippen LogP contribution in [-0.4, -0.2) is 53.9 Å². The minimum Gasteiger partial charge on any atom is -0.354 e. The third-order valence-corrected chi connectivity index (χ3v) is 6.77. The van der Waals surface area contributed by atoms with E-state index >= 15 is 0 Å². The Balaban J connectivity index is 1.13. The van der Waals surface area contributed by atoms with Crippen molar-refractivity contribution >= 4 is 34.9 Å². The third-order valence-electron chi connectivity index (χ3n) is 6.77. The average Bonchev–Trinajstić information content (AvgIpc) is 3.30. The standard InChI is InChI=1S/C24H25N7O3/c25-13-19-22(27-7-6-26-19)30-8-3-15(4-9-30)14-28-23(33)24(34)29-18-11-16-1-2-20(32)31-10-5-17(12-18)21(16)31/h6-7,11-12,15H,1-5,8-10,14H2,(H,28,33)(H,29,34). The van der Waals surface area contributed by atoms with Crippen LogP contribution in [0.4, 0.5) is 17.2 Å². The van der Waals surface area contributed by atoms with Crippen LogP contribution in [0.2, 0.25) is 0 Å². The molecular formula is C24H25N7O3. The molecule has 2 aromatic rings. The molecule has 0 saturated carbocycles. The van der Waals surface area contributed by atoms with Crippen molar-refractivity contribution in [3.05, 3.63) is 41.3 Å². The number of benzene rings is 1. The second-order valence-electron chi connectivity index (χ2n) is 8.87. The normalized spacial score (nSPS) is 17.2. The van der Waals surface area contributed by atoms with Crippen LogP contribution in [-0.2, 0) is 27.2 Å². The van der Waals surface area contributed by atoms with Gasteiger partial charge in [-0.25, -0.2) is 9.97 Å². The highest BCUT2D eigenvalue weighted by Crippen LogP contribution is 2.38. The van der Waals surface area contributed by atoms with E-state index in [9.17, 15) is 19.6 Å². The minimum absolute atomic E-state index is 0.149. The van der Waals surface area contributed by atoms with E-state index in [0.717, 1.165) is 36.1 Å². The number of carbonyl (C=O) groups is 3. The number of hydrogen-bond donors (Lipinski definition) is 2. The summed E-state index contributed by atoms with van der Waals surface area (Å²) < 4.78 is 0. The van der Waals surface area contributed by atoms with E-state index in [4.69, 9.17) is 0 Å². The maximum Gasteiger partial charge on any atom is 0.313 e. The molecule has 4 heterocycles. The summed E-state index contributed by atoms with van der Waals surface area (Å²) in [5.74, 6) is -0.370. The number of hydrogen-bond acceptors (Lipinski definition) is 7. The number of aryl methyl sites for hydroxylation is 1. The van der Waals surface area contributed by atoms with E-state index < -0.39 is 11.8 Å². The lowest BCUT2D eigenvalue weighted by atomic mass is 9.96. The number of rotatable bonds is 4. The molecule has 174 valence electrons. The molecule has 0 unspecified atom stereocenters. The van der Waals surface area contributed by atoms with Crippen LogP contribution in [0.1, 0.15) is 36.1 Å². The molecule has 0 bridgehead atoms. The van der Waals surface area contributed by atoms with Gasteiger partial charge in [0, 0.05) is 50.7 Å². The number of nitrogens with zero attached hydrogens (tertiary/aromatic N) is 5. The SMILES string of the molecule is N#Cc1nccnc1N1CCC(CNC(=O)C(=O)Nc2cc3c4c(c2)CCN4C(=O)CC3)CC1. The van der Waals surface area contributed by atoms with Gasteiger partial charge in [0.1, 0.15) is 6.07 Å². The molecule has 5 rings (SSSR count). The first kappa shape index (κ1) is 21.8. The molecule has 3 amide bonds. The summed E-state index contributed by atoms with van der Waals surface area (Å²) in [7, 11) is 0. The van der Waals surface area contributed by atoms with Gasteiger partial charge in [0.15, 0.2) is 11.5 Å². The average molecular weight is 460 g/mol. The van der Waals surface area contributed by atoms with Crippen molar-refractivity contribution in [2.45, 2.75) is 32.1 Å². The number of carbonyl (C=O) groups excluding carboxylic acids is 3. The maximum atomic E-state index is 12.5. The Kier molecular flexibility index (Phi) is 5.84. The van der Waals surface area contributed by atoms with Crippen LogP contribution in [0, 0.1) is 17.2 Å². The first-order valence-electron chi connectivity index (χ1n) is 11.5. The summed E-state index contributed by atoms with van der Waals surface area (Å²) in [4.78, 5) is 49.2. The molecule has 10 heteroatoms. The van der Waals surface area contributed by atoms with Gasteiger partial charge in [0.2, 0.25) is 5.91 Å². The molecule has 10 nitrogen and oxygen atoms in total. The highest BCUT2D eigenvalue weighted by molar-refractivity contribution is 6.39. The summed E-state index contributed by atoms with van der Waals surface area (Å²) in [6.45, 7) is 2.50. The highest BCUT2D eigenvalue weighted by Gasteiger charge is 2.32. The van der Waals surface area contributed by atoms with Crippen LogP contribution >= 0.6 is 0 Å². The van der Waals surface area contributed by atoms with Gasteiger partial charge in [-0.15, -0.1) is 0 Å². The molecule has 2 N–H and O–H groups in total. The molecule has 0 radical (unpaired) electrons. The van der Waals surface area contributed by atoms with E-state index in [2.05, 4.69) is 26.7 Å². The summed E-state index contributed by atoms with van der Waals surface area (Å²) in [5.41, 5.74) is 3.96. The van der Waals surface area contributed by atoms with Crippen molar-refractivity contribution in [3.8, 4) is 6.07 Å². The second-order valence-corrected chi connectivity index (χ2v) is 8.87. The maximum absolute atomic E-state index is 12.5. The summed E-state index contributed by atoms with van der Waals surface area (Å²) in [6, 6.07) is 5.80. The lowest BCUT2D eigenvalue weighted by Crippen LogP contribution is -2.42. The van der Waals surface area contributed by atoms with Crippen molar-refractivity contribution in [1.82, 2.24) is 15.3 Å². The summed E-state index contributed by atoms with van der Waals surface area (Å²) >= 11 is 0. The van der Waals surface area contributed by atoms with Crippen LogP contribution in [0.5, 0.6) is 0 Å². The van der Waals surface area contributed by atoms with E-state index in [0.29, 0.717) is 56.2 Å². The van der Waals surface area contributed by atoms with Crippen molar-refractivity contribution in [1.29, 1.82) is 5.26 Å². The van der Waals surface area contributed by atoms with Crippen molar-refractivity contribution in [2.75, 3.05) is 41.3 Å². The molecular weight excluding hydrogens is 434 g/mol. The monoisotopic (exact) mass is 459 g/mol. The van der Waals surface area contributed by atoms with E-state index in [-0.39, 0.29) is 11.8 Å². The fourth-order valence-corrected chi connectivity index (χ4v) is 5.03. The molecule has 1 fully saturated rings. The molecule has 1 aromatic heterocycles. The number of anilines is 3. The third kappa shape index (κ3) is 4.17. The lowest BCUT2D eigenvalue weighted by Gasteiger charge is -2.32. The fourth-order valence-electron chi connectivity index (χ4n) is 5.03. The van der Waals surface area contributed by atoms with Crippen molar-refractivity contribution in [3.63, 3.8) is 0 Å². The molecule has 1 saturated heterocycles. The first-order chi connectivity index (χ1) is 16.5. The van der Waals surface area contributed by atoms with Gasteiger partial charge in [0.25, 0.3) is 0 Å². The second kappa shape index (κ2) is 9.09. The Bertz CT molecular complexity index is 1200. The van der Waals surface area contributed by atoms with Crippen LogP contribution in [0.25, 0.3) is 0 Å². The van der Waals surface area contributed by atoms with Gasteiger partial charge in [-0.3, -0.25) is 14.4 Å². The largest absolute Gasteiger partial charge is 0.354 e. The fraction of sp³-hybridized carbons (Fsp3) is 0.417. The molecule has 0 aliphatic carbocycles. The zero-order chi connectivity index (χ0) is 23.7. The minimum atomic E-state index is -0.690. The molecule has 3 aliphatic heterocycles. The van der Waals surface area contributed by atoms with E-state index in [1.54, 1.807) is 6.20 Å². The van der Waals surface area contributed by atoms with Crippen molar-refractivity contribution < 1.29 is 14.4 Å². The predicted octanol–water partition coefficient (Wildman–Crippen LogP) is 1.15. The molecule has 0 atom stereocenters. The number of aromatic nitrogens is 2. The van der Waals surface area contributed by atoms with Gasteiger partial charge in [0.05, 0.1) is 5.69 Å². The van der Waals surface area contributed by atoms with Crippen LogP contribution in [0.15, 0.2) is 24.5 Å². The Morgan fingerprint density at radius 3 is 2.53 bits per heavy atom. The lowest BCUT2D eigenvalue weighted by molar-refractivity contribution is -0.136. The topological polar surface area (TPSA) is 131 Å². The first-order valence-corrected chi connectivity index (χ1v) is 11.5. The summed E-state index contributed by atoms with van der Waals surface area (Å²) in [6.07, 6.45) is 6.58. The van der Waals surface area contributed by atoms with E-state index in [1.807, 2.05) is 21.9 Å².